The van der Waals surface area contributed by atoms with Crippen molar-refractivity contribution in [2.75, 3.05) is 18.8 Å². The molecule has 0 radical (unpaired) electrons. The van der Waals surface area contributed by atoms with Crippen molar-refractivity contribution in [3.8, 4) is 0 Å². The molecule has 1 aliphatic heterocycles. The van der Waals surface area contributed by atoms with Gasteiger partial charge in [-0.25, -0.2) is 4.99 Å². The number of ether oxygens (including phenoxy) is 1. The number of hydrogen-bond acceptors (Lipinski definition) is 3. The van der Waals surface area contributed by atoms with Crippen LogP contribution >= 0.6 is 0 Å². The van der Waals surface area contributed by atoms with Gasteiger partial charge in [-0.3, -0.25) is 5.41 Å². The standard InChI is InChI=1S/C18H23N5O/c1-12-10-23(11-13(2)24-12)18(16-4-3-9-21-16)22-17(20)14-5-7-15(19)8-6-14/h3-9,12-13,20-21H,10-11,19H2,1-2H3. The van der Waals surface area contributed by atoms with Crippen LogP contribution in [-0.4, -0.2) is 46.9 Å². The molecule has 126 valence electrons. The Balaban J connectivity index is 1.92. The molecule has 1 fully saturated rings. The summed E-state index contributed by atoms with van der Waals surface area (Å²) < 4.78 is 5.81. The molecule has 0 spiro atoms. The number of nitrogens with two attached hydrogens (primary N) is 1. The number of aromatic amines is 1. The zero-order chi connectivity index (χ0) is 17.1. The summed E-state index contributed by atoms with van der Waals surface area (Å²) in [6.07, 6.45) is 2.12. The SMILES string of the molecule is CC1CN(C(=NC(=N)c2ccc(N)cc2)c2ccc[nH]2)CC(C)O1. The van der Waals surface area contributed by atoms with Gasteiger partial charge < -0.3 is 20.4 Å². The van der Waals surface area contributed by atoms with E-state index in [-0.39, 0.29) is 18.0 Å². The fraction of sp³-hybridized carbons (Fsp3) is 0.333. The van der Waals surface area contributed by atoms with E-state index in [1.165, 1.54) is 0 Å². The van der Waals surface area contributed by atoms with Crippen LogP contribution in [0.2, 0.25) is 0 Å². The van der Waals surface area contributed by atoms with Gasteiger partial charge in [0.2, 0.25) is 0 Å². The minimum Gasteiger partial charge on any atom is -0.399 e. The van der Waals surface area contributed by atoms with Gasteiger partial charge in [0.15, 0.2) is 11.7 Å². The Labute approximate surface area is 141 Å². The van der Waals surface area contributed by atoms with Crippen molar-refractivity contribution in [3.05, 3.63) is 53.9 Å². The lowest BCUT2D eigenvalue weighted by atomic mass is 10.2. The topological polar surface area (TPSA) is 90.5 Å². The summed E-state index contributed by atoms with van der Waals surface area (Å²) in [6.45, 7) is 5.61. The number of morpholine rings is 1. The zero-order valence-corrected chi connectivity index (χ0v) is 14.0. The van der Waals surface area contributed by atoms with E-state index < -0.39 is 0 Å². The molecule has 1 aliphatic rings. The van der Waals surface area contributed by atoms with E-state index in [1.807, 2.05) is 30.5 Å². The molecule has 2 unspecified atom stereocenters. The van der Waals surface area contributed by atoms with Gasteiger partial charge in [0.05, 0.1) is 17.9 Å². The number of hydrogen-bond donors (Lipinski definition) is 3. The predicted molar refractivity (Wildman–Crippen MR) is 96.6 cm³/mol. The highest BCUT2D eigenvalue weighted by Gasteiger charge is 2.26. The Morgan fingerprint density at radius 1 is 1.21 bits per heavy atom. The molecule has 1 aromatic carbocycles. The fourth-order valence-electron chi connectivity index (χ4n) is 2.93. The van der Waals surface area contributed by atoms with Crippen LogP contribution in [0.15, 0.2) is 47.6 Å². The van der Waals surface area contributed by atoms with Gasteiger partial charge in [-0.15, -0.1) is 0 Å². The van der Waals surface area contributed by atoms with Crippen LogP contribution in [0.4, 0.5) is 5.69 Å². The monoisotopic (exact) mass is 325 g/mol. The van der Waals surface area contributed by atoms with Crippen LogP contribution in [0.1, 0.15) is 25.1 Å². The number of H-pyrrole nitrogens is 1. The first kappa shape index (κ1) is 16.3. The molecule has 2 aromatic rings. The molecular weight excluding hydrogens is 302 g/mol. The Kier molecular flexibility index (Phi) is 4.66. The highest BCUT2D eigenvalue weighted by atomic mass is 16.5. The summed E-state index contributed by atoms with van der Waals surface area (Å²) in [7, 11) is 0. The fourth-order valence-corrected chi connectivity index (χ4v) is 2.93. The molecule has 0 aliphatic carbocycles. The van der Waals surface area contributed by atoms with Gasteiger partial charge >= 0.3 is 0 Å². The number of nitrogens with one attached hydrogen (secondary N) is 2. The van der Waals surface area contributed by atoms with E-state index in [0.717, 1.165) is 30.2 Å². The third kappa shape index (κ3) is 3.65. The van der Waals surface area contributed by atoms with Crippen molar-refractivity contribution in [1.82, 2.24) is 9.88 Å². The average molecular weight is 325 g/mol. The lowest BCUT2D eigenvalue weighted by molar-refractivity contribution is -0.0478. The van der Waals surface area contributed by atoms with Crippen LogP contribution < -0.4 is 5.73 Å². The number of amidine groups is 2. The third-order valence-corrected chi connectivity index (χ3v) is 3.96. The van der Waals surface area contributed by atoms with Crippen molar-refractivity contribution in [2.45, 2.75) is 26.1 Å². The van der Waals surface area contributed by atoms with Gasteiger partial charge in [0, 0.05) is 30.5 Å². The molecule has 2 atom stereocenters. The van der Waals surface area contributed by atoms with E-state index in [1.54, 1.807) is 12.1 Å². The number of rotatable bonds is 2. The summed E-state index contributed by atoms with van der Waals surface area (Å²) in [5, 5.41) is 8.35. The maximum Gasteiger partial charge on any atom is 0.155 e. The summed E-state index contributed by atoms with van der Waals surface area (Å²) in [5.41, 5.74) is 8.03. The lowest BCUT2D eigenvalue weighted by Crippen LogP contribution is -2.48. The number of aliphatic imine (C=N–C) groups is 1. The van der Waals surface area contributed by atoms with Crippen LogP contribution in [0.5, 0.6) is 0 Å². The van der Waals surface area contributed by atoms with E-state index >= 15 is 0 Å². The third-order valence-electron chi connectivity index (χ3n) is 3.96. The van der Waals surface area contributed by atoms with Gasteiger partial charge in [-0.2, -0.15) is 0 Å². The minimum absolute atomic E-state index is 0.125. The summed E-state index contributed by atoms with van der Waals surface area (Å²) in [4.78, 5) is 9.99. The Morgan fingerprint density at radius 2 is 1.88 bits per heavy atom. The number of nitrogen functional groups attached to an aromatic ring is 1. The summed E-state index contributed by atoms with van der Waals surface area (Å²) in [5.74, 6) is 0.982. The summed E-state index contributed by atoms with van der Waals surface area (Å²) >= 11 is 0. The highest BCUT2D eigenvalue weighted by Crippen LogP contribution is 2.16. The normalized spacial score (nSPS) is 21.8. The van der Waals surface area contributed by atoms with E-state index in [4.69, 9.17) is 15.9 Å². The van der Waals surface area contributed by atoms with E-state index in [9.17, 15) is 0 Å². The summed E-state index contributed by atoms with van der Waals surface area (Å²) in [6, 6.07) is 11.1. The molecule has 4 N–H and O–H groups in total. The van der Waals surface area contributed by atoms with Crippen LogP contribution in [0.3, 0.4) is 0 Å². The quantitative estimate of drug-likeness (QED) is 0.450. The largest absolute Gasteiger partial charge is 0.399 e. The Morgan fingerprint density at radius 3 is 2.46 bits per heavy atom. The average Bonchev–Trinajstić information content (AvgIpc) is 3.06. The highest BCUT2D eigenvalue weighted by molar-refractivity contribution is 6.09. The molecule has 2 heterocycles. The number of anilines is 1. The first-order valence-corrected chi connectivity index (χ1v) is 8.10. The maximum absolute atomic E-state index is 8.35. The van der Waals surface area contributed by atoms with E-state index in [2.05, 4.69) is 28.7 Å². The molecular formula is C18H23N5O. The van der Waals surface area contributed by atoms with Gasteiger partial charge in [-0.1, -0.05) is 0 Å². The molecule has 0 bridgehead atoms. The van der Waals surface area contributed by atoms with Crippen molar-refractivity contribution >= 4 is 17.4 Å². The Hall–Kier alpha value is -2.60. The molecule has 1 aromatic heterocycles. The maximum atomic E-state index is 8.35. The molecule has 3 rings (SSSR count). The van der Waals surface area contributed by atoms with Crippen LogP contribution in [0, 0.1) is 5.41 Å². The van der Waals surface area contributed by atoms with Crippen molar-refractivity contribution in [2.24, 2.45) is 4.99 Å². The van der Waals surface area contributed by atoms with Crippen LogP contribution in [-0.2, 0) is 4.74 Å². The number of aromatic nitrogens is 1. The zero-order valence-electron chi connectivity index (χ0n) is 14.0. The molecule has 0 saturated carbocycles. The smallest absolute Gasteiger partial charge is 0.155 e. The van der Waals surface area contributed by atoms with Crippen molar-refractivity contribution < 1.29 is 4.74 Å². The number of nitrogens with zero attached hydrogens (tertiary/aromatic N) is 2. The molecule has 24 heavy (non-hydrogen) atoms. The number of benzene rings is 1. The molecule has 6 heteroatoms. The van der Waals surface area contributed by atoms with Gasteiger partial charge in [0.25, 0.3) is 0 Å². The predicted octanol–water partition coefficient (Wildman–Crippen LogP) is 2.48. The second-order valence-corrected chi connectivity index (χ2v) is 6.15. The Bertz CT molecular complexity index is 710. The van der Waals surface area contributed by atoms with Gasteiger partial charge in [-0.05, 0) is 50.2 Å². The molecule has 1 saturated heterocycles. The van der Waals surface area contributed by atoms with E-state index in [0.29, 0.717) is 5.69 Å². The first-order valence-electron chi connectivity index (χ1n) is 8.10. The van der Waals surface area contributed by atoms with Crippen molar-refractivity contribution in [1.29, 1.82) is 5.41 Å². The second kappa shape index (κ2) is 6.88. The molecule has 0 amide bonds. The van der Waals surface area contributed by atoms with Crippen LogP contribution in [0.25, 0.3) is 0 Å². The lowest BCUT2D eigenvalue weighted by Gasteiger charge is -2.37. The van der Waals surface area contributed by atoms with Crippen molar-refractivity contribution in [3.63, 3.8) is 0 Å². The minimum atomic E-state index is 0.125. The molecule has 6 nitrogen and oxygen atoms in total. The first-order chi connectivity index (χ1) is 11.5. The second-order valence-electron chi connectivity index (χ2n) is 6.15. The van der Waals surface area contributed by atoms with Gasteiger partial charge in [0.1, 0.15) is 0 Å².